The lowest BCUT2D eigenvalue weighted by Gasteiger charge is -2.09. The van der Waals surface area contributed by atoms with Crippen molar-refractivity contribution in [2.24, 2.45) is 0 Å². The Hall–Kier alpha value is -2.85. The number of benzene rings is 3. The second-order valence-corrected chi connectivity index (χ2v) is 5.60. The fraction of sp³-hybridized carbons (Fsp3) is 0.0526. The molecule has 0 saturated carbocycles. The molecule has 24 heavy (non-hydrogen) atoms. The maximum absolute atomic E-state index is 11.2. The Morgan fingerprint density at radius 2 is 1.62 bits per heavy atom. The van der Waals surface area contributed by atoms with Gasteiger partial charge in [0.05, 0.1) is 15.5 Å². The van der Waals surface area contributed by atoms with E-state index in [-0.39, 0.29) is 5.69 Å². The van der Waals surface area contributed by atoms with E-state index in [1.165, 1.54) is 6.07 Å². The van der Waals surface area contributed by atoms with Gasteiger partial charge in [-0.15, -0.1) is 0 Å². The van der Waals surface area contributed by atoms with Crippen molar-refractivity contribution in [3.05, 3.63) is 93.5 Å². The van der Waals surface area contributed by atoms with E-state index in [4.69, 9.17) is 16.3 Å². The number of nitro benzene ring substituents is 1. The Morgan fingerprint density at radius 1 is 0.917 bits per heavy atom. The van der Waals surface area contributed by atoms with Crippen LogP contribution in [0, 0.1) is 10.1 Å². The molecule has 0 N–H and O–H groups in total. The van der Waals surface area contributed by atoms with E-state index in [9.17, 15) is 10.1 Å². The number of nitro groups is 1. The quantitative estimate of drug-likeness (QED) is 0.456. The van der Waals surface area contributed by atoms with Crippen molar-refractivity contribution in [2.75, 3.05) is 0 Å². The van der Waals surface area contributed by atoms with Crippen LogP contribution >= 0.6 is 11.6 Å². The average molecular weight is 340 g/mol. The van der Waals surface area contributed by atoms with Gasteiger partial charge in [-0.1, -0.05) is 60.1 Å². The number of nitrogens with zero attached hydrogens (tertiary/aromatic N) is 1. The van der Waals surface area contributed by atoms with Crippen LogP contribution in [-0.4, -0.2) is 4.92 Å². The van der Waals surface area contributed by atoms with Gasteiger partial charge in [0.15, 0.2) is 0 Å². The predicted molar refractivity (Wildman–Crippen MR) is 94.3 cm³/mol. The molecule has 3 rings (SSSR count). The van der Waals surface area contributed by atoms with Gasteiger partial charge in [0, 0.05) is 6.07 Å². The summed E-state index contributed by atoms with van der Waals surface area (Å²) in [5, 5.41) is 11.5. The lowest BCUT2D eigenvalue weighted by atomic mass is 10.0. The summed E-state index contributed by atoms with van der Waals surface area (Å²) in [7, 11) is 0. The first-order valence-corrected chi connectivity index (χ1v) is 7.73. The SMILES string of the molecule is O=[N+]([O-])c1cccc(Cl)c1-c1ccc(OCc2ccccc2)cc1. The molecule has 0 aromatic heterocycles. The van der Waals surface area contributed by atoms with Crippen LogP contribution in [0.5, 0.6) is 5.75 Å². The van der Waals surface area contributed by atoms with Crippen molar-refractivity contribution in [2.45, 2.75) is 6.61 Å². The molecule has 0 spiro atoms. The zero-order valence-corrected chi connectivity index (χ0v) is 13.4. The van der Waals surface area contributed by atoms with Crippen LogP contribution in [-0.2, 0) is 6.61 Å². The summed E-state index contributed by atoms with van der Waals surface area (Å²) in [5.41, 5.74) is 2.15. The van der Waals surface area contributed by atoms with Gasteiger partial charge in [-0.05, 0) is 29.3 Å². The summed E-state index contributed by atoms with van der Waals surface area (Å²) < 4.78 is 5.72. The molecular formula is C19H14ClNO3. The molecule has 5 heteroatoms. The van der Waals surface area contributed by atoms with E-state index < -0.39 is 4.92 Å². The molecule has 0 fully saturated rings. The van der Waals surface area contributed by atoms with Gasteiger partial charge in [0.2, 0.25) is 0 Å². The molecule has 0 aliphatic heterocycles. The summed E-state index contributed by atoms with van der Waals surface area (Å²) >= 11 is 6.15. The minimum absolute atomic E-state index is 0.0135. The van der Waals surface area contributed by atoms with E-state index in [1.54, 1.807) is 36.4 Å². The summed E-state index contributed by atoms with van der Waals surface area (Å²) in [6.07, 6.45) is 0. The number of halogens is 1. The number of ether oxygens (including phenoxy) is 1. The first-order chi connectivity index (χ1) is 11.6. The standard InChI is InChI=1S/C19H14ClNO3/c20-17-7-4-8-18(21(22)23)19(17)15-9-11-16(12-10-15)24-13-14-5-2-1-3-6-14/h1-12H,13H2. The first kappa shape index (κ1) is 16.0. The van der Waals surface area contributed by atoms with Gasteiger partial charge >= 0.3 is 0 Å². The van der Waals surface area contributed by atoms with Gasteiger partial charge in [-0.2, -0.15) is 0 Å². The Kier molecular flexibility index (Phi) is 4.77. The van der Waals surface area contributed by atoms with Crippen molar-refractivity contribution >= 4 is 17.3 Å². The Morgan fingerprint density at radius 3 is 2.29 bits per heavy atom. The Labute approximate surface area is 144 Å². The highest BCUT2D eigenvalue weighted by atomic mass is 35.5. The molecule has 0 unspecified atom stereocenters. The molecule has 0 saturated heterocycles. The molecule has 0 bridgehead atoms. The van der Waals surface area contributed by atoms with Gasteiger partial charge in [0.1, 0.15) is 12.4 Å². The number of rotatable bonds is 5. The fourth-order valence-electron chi connectivity index (χ4n) is 2.41. The van der Waals surface area contributed by atoms with E-state index in [0.717, 1.165) is 5.56 Å². The molecular weight excluding hydrogens is 326 g/mol. The highest BCUT2D eigenvalue weighted by Gasteiger charge is 2.18. The maximum Gasteiger partial charge on any atom is 0.278 e. The predicted octanol–water partition coefficient (Wildman–Crippen LogP) is 5.49. The summed E-state index contributed by atoms with van der Waals surface area (Å²) in [5.74, 6) is 0.692. The molecule has 0 radical (unpaired) electrons. The van der Waals surface area contributed by atoms with Crippen LogP contribution < -0.4 is 4.74 Å². The zero-order valence-electron chi connectivity index (χ0n) is 12.7. The summed E-state index contributed by atoms with van der Waals surface area (Å²) in [4.78, 5) is 10.8. The van der Waals surface area contributed by atoms with Crippen molar-refractivity contribution in [1.29, 1.82) is 0 Å². The van der Waals surface area contributed by atoms with Crippen molar-refractivity contribution < 1.29 is 9.66 Å². The van der Waals surface area contributed by atoms with E-state index in [0.29, 0.717) is 28.5 Å². The topological polar surface area (TPSA) is 52.4 Å². The number of hydrogen-bond acceptors (Lipinski definition) is 3. The Bertz CT molecular complexity index is 848. The lowest BCUT2D eigenvalue weighted by molar-refractivity contribution is -0.384. The average Bonchev–Trinajstić information content (AvgIpc) is 2.61. The number of hydrogen-bond donors (Lipinski definition) is 0. The van der Waals surface area contributed by atoms with Crippen LogP contribution in [0.1, 0.15) is 5.56 Å². The second kappa shape index (κ2) is 7.15. The third kappa shape index (κ3) is 3.55. The van der Waals surface area contributed by atoms with Crippen LogP contribution in [0.15, 0.2) is 72.8 Å². The van der Waals surface area contributed by atoms with Crippen molar-refractivity contribution in [1.82, 2.24) is 0 Å². The maximum atomic E-state index is 11.2. The minimum atomic E-state index is -0.430. The van der Waals surface area contributed by atoms with Crippen molar-refractivity contribution in [3.63, 3.8) is 0 Å². The van der Waals surface area contributed by atoms with Gasteiger partial charge in [0.25, 0.3) is 5.69 Å². The highest BCUT2D eigenvalue weighted by molar-refractivity contribution is 6.33. The summed E-state index contributed by atoms with van der Waals surface area (Å²) in [6.45, 7) is 0.465. The Balaban J connectivity index is 1.81. The lowest BCUT2D eigenvalue weighted by Crippen LogP contribution is -1.95. The van der Waals surface area contributed by atoms with Crippen LogP contribution in [0.2, 0.25) is 5.02 Å². The molecule has 0 aliphatic rings. The van der Waals surface area contributed by atoms with Crippen molar-refractivity contribution in [3.8, 4) is 16.9 Å². The zero-order chi connectivity index (χ0) is 16.9. The smallest absolute Gasteiger partial charge is 0.278 e. The van der Waals surface area contributed by atoms with Gasteiger partial charge < -0.3 is 4.74 Å². The van der Waals surface area contributed by atoms with Gasteiger partial charge in [-0.25, -0.2) is 0 Å². The molecule has 0 heterocycles. The first-order valence-electron chi connectivity index (χ1n) is 7.35. The third-order valence-corrected chi connectivity index (χ3v) is 3.89. The van der Waals surface area contributed by atoms with Crippen LogP contribution in [0.3, 0.4) is 0 Å². The largest absolute Gasteiger partial charge is 0.489 e. The normalized spacial score (nSPS) is 10.4. The third-order valence-electron chi connectivity index (χ3n) is 3.58. The van der Waals surface area contributed by atoms with Crippen LogP contribution in [0.4, 0.5) is 5.69 Å². The fourth-order valence-corrected chi connectivity index (χ4v) is 2.69. The van der Waals surface area contributed by atoms with E-state index in [2.05, 4.69) is 0 Å². The monoisotopic (exact) mass is 339 g/mol. The molecule has 120 valence electrons. The minimum Gasteiger partial charge on any atom is -0.489 e. The summed E-state index contributed by atoms with van der Waals surface area (Å²) in [6, 6.07) is 21.6. The van der Waals surface area contributed by atoms with E-state index in [1.807, 2.05) is 30.3 Å². The van der Waals surface area contributed by atoms with Gasteiger partial charge in [-0.3, -0.25) is 10.1 Å². The molecule has 0 amide bonds. The molecule has 0 aliphatic carbocycles. The molecule has 0 atom stereocenters. The van der Waals surface area contributed by atoms with E-state index >= 15 is 0 Å². The molecule has 3 aromatic rings. The molecule has 4 nitrogen and oxygen atoms in total. The molecule has 3 aromatic carbocycles. The van der Waals surface area contributed by atoms with Crippen LogP contribution in [0.25, 0.3) is 11.1 Å². The highest BCUT2D eigenvalue weighted by Crippen LogP contribution is 2.36. The second-order valence-electron chi connectivity index (χ2n) is 5.19.